The van der Waals surface area contributed by atoms with E-state index in [9.17, 15) is 9.18 Å². The Bertz CT molecular complexity index is 676. The fourth-order valence-electron chi connectivity index (χ4n) is 2.78. The molecule has 2 aromatic rings. The van der Waals surface area contributed by atoms with E-state index >= 15 is 0 Å². The zero-order valence-electron chi connectivity index (χ0n) is 13.2. The van der Waals surface area contributed by atoms with Crippen LogP contribution in [-0.4, -0.2) is 35.5 Å². The van der Waals surface area contributed by atoms with Gasteiger partial charge in [0.05, 0.1) is 5.01 Å². The predicted molar refractivity (Wildman–Crippen MR) is 89.2 cm³/mol. The van der Waals surface area contributed by atoms with Crippen molar-refractivity contribution in [3.8, 4) is 0 Å². The van der Waals surface area contributed by atoms with Crippen molar-refractivity contribution in [2.24, 2.45) is 0 Å². The summed E-state index contributed by atoms with van der Waals surface area (Å²) in [5.74, 6) is 0.206. The molecule has 4 nitrogen and oxygen atoms in total. The molecular formula is C17H20FN3OS. The molecule has 1 heterocycles. The monoisotopic (exact) mass is 333 g/mol. The van der Waals surface area contributed by atoms with E-state index in [1.807, 2.05) is 11.4 Å². The minimum atomic E-state index is -0.228. The van der Waals surface area contributed by atoms with Gasteiger partial charge >= 0.3 is 6.03 Å². The first-order valence-electron chi connectivity index (χ1n) is 7.71. The van der Waals surface area contributed by atoms with Gasteiger partial charge in [-0.25, -0.2) is 14.2 Å². The van der Waals surface area contributed by atoms with Gasteiger partial charge in [-0.05, 0) is 24.1 Å². The Morgan fingerprint density at radius 3 is 3.09 bits per heavy atom. The first-order chi connectivity index (χ1) is 11.0. The van der Waals surface area contributed by atoms with Gasteiger partial charge in [0.15, 0.2) is 0 Å². The van der Waals surface area contributed by atoms with Crippen LogP contribution in [0.1, 0.15) is 35.8 Å². The molecule has 3 rings (SSSR count). The summed E-state index contributed by atoms with van der Waals surface area (Å²) in [6.45, 7) is 2.69. The normalized spacial score (nSPS) is 20.8. The number of hydrogen-bond donors (Lipinski definition) is 1. The lowest BCUT2D eigenvalue weighted by atomic mass is 10.1. The molecule has 6 heteroatoms. The van der Waals surface area contributed by atoms with Gasteiger partial charge in [-0.2, -0.15) is 0 Å². The number of aromatic nitrogens is 1. The molecule has 1 aliphatic rings. The Kier molecular flexibility index (Phi) is 4.61. The maximum atomic E-state index is 13.3. The molecule has 3 atom stereocenters. The van der Waals surface area contributed by atoms with Crippen LogP contribution in [0.2, 0.25) is 0 Å². The summed E-state index contributed by atoms with van der Waals surface area (Å²) in [5, 5.41) is 6.00. The average Bonchev–Trinajstić information content (AvgIpc) is 3.07. The van der Waals surface area contributed by atoms with Gasteiger partial charge in [0.2, 0.25) is 0 Å². The number of benzene rings is 1. The van der Waals surface area contributed by atoms with Crippen molar-refractivity contribution in [3.63, 3.8) is 0 Å². The molecule has 2 amide bonds. The molecule has 1 aromatic carbocycles. The summed E-state index contributed by atoms with van der Waals surface area (Å²) in [6, 6.07) is 6.62. The van der Waals surface area contributed by atoms with Gasteiger partial charge in [-0.3, -0.25) is 0 Å². The minimum Gasteiger partial charge on any atom is -0.335 e. The first kappa shape index (κ1) is 15.9. The molecular weight excluding hydrogens is 313 g/mol. The number of rotatable bonds is 5. The minimum absolute atomic E-state index is 0.0858. The maximum absolute atomic E-state index is 13.3. The van der Waals surface area contributed by atoms with Crippen molar-refractivity contribution in [3.05, 3.63) is 52.2 Å². The summed E-state index contributed by atoms with van der Waals surface area (Å²) in [7, 11) is 1.79. The molecule has 122 valence electrons. The van der Waals surface area contributed by atoms with E-state index in [1.165, 1.54) is 6.07 Å². The van der Waals surface area contributed by atoms with Crippen molar-refractivity contribution in [1.82, 2.24) is 15.2 Å². The smallest absolute Gasteiger partial charge is 0.317 e. The Morgan fingerprint density at radius 2 is 2.39 bits per heavy atom. The highest BCUT2D eigenvalue weighted by molar-refractivity contribution is 7.09. The highest BCUT2D eigenvalue weighted by Gasteiger charge is 2.40. The number of thiazole rings is 1. The van der Waals surface area contributed by atoms with Gasteiger partial charge in [0, 0.05) is 43.0 Å². The number of likely N-dealkylation sites (N-methyl/N-ethyl adjacent to an activating group) is 1. The Labute approximate surface area is 139 Å². The molecule has 1 aliphatic carbocycles. The molecule has 23 heavy (non-hydrogen) atoms. The van der Waals surface area contributed by atoms with Gasteiger partial charge in [-0.1, -0.05) is 19.1 Å². The quantitative estimate of drug-likeness (QED) is 0.909. The SMILES string of the molecule is CC(CN(C)C(=O)NC1CC1c1cccc(F)c1)c1nccs1. The fourth-order valence-corrected chi connectivity index (χ4v) is 3.47. The Hall–Kier alpha value is -1.95. The second kappa shape index (κ2) is 6.66. The van der Waals surface area contributed by atoms with Crippen LogP contribution in [0.4, 0.5) is 9.18 Å². The van der Waals surface area contributed by atoms with E-state index in [2.05, 4.69) is 17.2 Å². The summed E-state index contributed by atoms with van der Waals surface area (Å²) >= 11 is 1.60. The average molecular weight is 333 g/mol. The van der Waals surface area contributed by atoms with Crippen molar-refractivity contribution >= 4 is 17.4 Å². The standard InChI is InChI=1S/C17H20FN3OS/c1-11(16-19-6-7-23-16)10-21(2)17(22)20-15-9-14(15)12-4-3-5-13(18)8-12/h3-8,11,14-15H,9-10H2,1-2H3,(H,20,22). The number of carbonyl (C=O) groups is 1. The lowest BCUT2D eigenvalue weighted by Gasteiger charge is -2.21. The highest BCUT2D eigenvalue weighted by atomic mass is 32.1. The van der Waals surface area contributed by atoms with E-state index in [4.69, 9.17) is 0 Å². The van der Waals surface area contributed by atoms with Crippen LogP contribution in [0.25, 0.3) is 0 Å². The molecule has 0 bridgehead atoms. The van der Waals surface area contributed by atoms with Crippen LogP contribution in [0.3, 0.4) is 0 Å². The van der Waals surface area contributed by atoms with Crippen molar-refractivity contribution in [2.45, 2.75) is 31.2 Å². The highest BCUT2D eigenvalue weighted by Crippen LogP contribution is 2.41. The van der Waals surface area contributed by atoms with Gasteiger partial charge < -0.3 is 10.2 Å². The third kappa shape index (κ3) is 3.88. The number of carbonyl (C=O) groups excluding carboxylic acids is 1. The number of halogens is 1. The van der Waals surface area contributed by atoms with E-state index in [1.54, 1.807) is 41.6 Å². The van der Waals surface area contributed by atoms with Gasteiger partial charge in [0.25, 0.3) is 0 Å². The zero-order valence-corrected chi connectivity index (χ0v) is 14.0. The van der Waals surface area contributed by atoms with Crippen LogP contribution >= 0.6 is 11.3 Å². The van der Waals surface area contributed by atoms with E-state index in [0.717, 1.165) is 17.0 Å². The molecule has 1 aromatic heterocycles. The van der Waals surface area contributed by atoms with Gasteiger partial charge in [0.1, 0.15) is 5.82 Å². The number of nitrogens with zero attached hydrogens (tertiary/aromatic N) is 2. The van der Waals surface area contributed by atoms with E-state index in [0.29, 0.717) is 6.54 Å². The predicted octanol–water partition coefficient (Wildman–Crippen LogP) is 3.58. The molecule has 1 N–H and O–H groups in total. The number of nitrogens with one attached hydrogen (secondary N) is 1. The van der Waals surface area contributed by atoms with Crippen molar-refractivity contribution < 1.29 is 9.18 Å². The maximum Gasteiger partial charge on any atom is 0.317 e. The van der Waals surface area contributed by atoms with Crippen LogP contribution in [0.5, 0.6) is 0 Å². The topological polar surface area (TPSA) is 45.2 Å². The summed E-state index contributed by atoms with van der Waals surface area (Å²) in [5.41, 5.74) is 0.953. The molecule has 0 spiro atoms. The molecule has 3 unspecified atom stereocenters. The third-order valence-corrected chi connectivity index (χ3v) is 5.15. The second-order valence-corrected chi connectivity index (χ2v) is 7.03. The van der Waals surface area contributed by atoms with Crippen molar-refractivity contribution in [1.29, 1.82) is 0 Å². The Balaban J connectivity index is 1.50. The van der Waals surface area contributed by atoms with Crippen LogP contribution in [0.15, 0.2) is 35.8 Å². The lowest BCUT2D eigenvalue weighted by Crippen LogP contribution is -2.40. The lowest BCUT2D eigenvalue weighted by molar-refractivity contribution is 0.206. The number of amides is 2. The zero-order chi connectivity index (χ0) is 16.4. The molecule has 0 saturated heterocycles. The van der Waals surface area contributed by atoms with E-state index in [-0.39, 0.29) is 29.7 Å². The van der Waals surface area contributed by atoms with E-state index < -0.39 is 0 Å². The fraction of sp³-hybridized carbons (Fsp3) is 0.412. The number of urea groups is 1. The molecule has 0 aliphatic heterocycles. The van der Waals surface area contributed by atoms with Crippen LogP contribution in [0, 0.1) is 5.82 Å². The van der Waals surface area contributed by atoms with Gasteiger partial charge in [-0.15, -0.1) is 11.3 Å². The summed E-state index contributed by atoms with van der Waals surface area (Å²) < 4.78 is 13.3. The number of hydrogen-bond acceptors (Lipinski definition) is 3. The first-order valence-corrected chi connectivity index (χ1v) is 8.59. The molecule has 0 radical (unpaired) electrons. The molecule has 1 fully saturated rings. The van der Waals surface area contributed by atoms with Crippen LogP contribution in [-0.2, 0) is 0 Å². The Morgan fingerprint density at radius 1 is 1.57 bits per heavy atom. The summed E-state index contributed by atoms with van der Waals surface area (Å²) in [4.78, 5) is 18.2. The largest absolute Gasteiger partial charge is 0.335 e. The van der Waals surface area contributed by atoms with Crippen LogP contribution < -0.4 is 5.32 Å². The molecule has 1 saturated carbocycles. The van der Waals surface area contributed by atoms with Crippen molar-refractivity contribution in [2.75, 3.05) is 13.6 Å². The third-order valence-electron chi connectivity index (χ3n) is 4.14. The summed E-state index contributed by atoms with van der Waals surface area (Å²) in [6.07, 6.45) is 2.65. The second-order valence-electron chi connectivity index (χ2n) is 6.11.